The van der Waals surface area contributed by atoms with E-state index in [4.69, 9.17) is 5.11 Å². The summed E-state index contributed by atoms with van der Waals surface area (Å²) in [4.78, 5) is 3.75. The average molecular weight is 292 g/mol. The molecule has 0 aromatic carbocycles. The van der Waals surface area contributed by atoms with Crippen molar-refractivity contribution in [1.29, 1.82) is 0 Å². The maximum absolute atomic E-state index is 8.67. The Hall–Kier alpha value is 0.1000. The van der Waals surface area contributed by atoms with Crippen LogP contribution in [0.25, 0.3) is 0 Å². The maximum Gasteiger partial charge on any atom is 0.0431 e. The van der Waals surface area contributed by atoms with Crippen LogP contribution < -0.4 is 0 Å². The molecule has 0 aliphatic carbocycles. The van der Waals surface area contributed by atoms with Crippen molar-refractivity contribution in [2.75, 3.05) is 26.7 Å². The molecule has 0 saturated carbocycles. The smallest absolute Gasteiger partial charge is 0.0431 e. The monoisotopic (exact) mass is 291 g/mol. The van der Waals surface area contributed by atoms with Gasteiger partial charge < -0.3 is 10.0 Å². The van der Waals surface area contributed by atoms with E-state index in [0.29, 0.717) is 6.61 Å². The molecular formula is C11H18BrNOS. The van der Waals surface area contributed by atoms with Gasteiger partial charge in [-0.15, -0.1) is 11.3 Å². The first-order valence-electron chi connectivity index (χ1n) is 5.24. The summed E-state index contributed by atoms with van der Waals surface area (Å²) in [5, 5.41) is 10.8. The second kappa shape index (κ2) is 7.39. The zero-order valence-electron chi connectivity index (χ0n) is 9.08. The van der Waals surface area contributed by atoms with Gasteiger partial charge in [0, 0.05) is 27.9 Å². The van der Waals surface area contributed by atoms with Crippen molar-refractivity contribution in [1.82, 2.24) is 4.90 Å². The van der Waals surface area contributed by atoms with Gasteiger partial charge >= 0.3 is 0 Å². The van der Waals surface area contributed by atoms with Gasteiger partial charge in [-0.05, 0) is 54.9 Å². The molecule has 4 heteroatoms. The van der Waals surface area contributed by atoms with Crippen molar-refractivity contribution in [2.45, 2.75) is 19.3 Å². The Morgan fingerprint density at radius 2 is 2.20 bits per heavy atom. The summed E-state index contributed by atoms with van der Waals surface area (Å²) >= 11 is 5.27. The maximum atomic E-state index is 8.67. The Labute approximate surface area is 104 Å². The third kappa shape index (κ3) is 5.66. The van der Waals surface area contributed by atoms with Crippen LogP contribution in [0.15, 0.2) is 15.9 Å². The van der Waals surface area contributed by atoms with E-state index in [2.05, 4.69) is 39.3 Å². The van der Waals surface area contributed by atoms with Crippen LogP contribution in [0.2, 0.25) is 0 Å². The first-order valence-corrected chi connectivity index (χ1v) is 6.92. The Morgan fingerprint density at radius 1 is 1.40 bits per heavy atom. The van der Waals surface area contributed by atoms with Gasteiger partial charge in [-0.3, -0.25) is 0 Å². The summed E-state index contributed by atoms with van der Waals surface area (Å²) in [5.74, 6) is 0. The molecule has 0 aliphatic heterocycles. The molecule has 0 spiro atoms. The van der Waals surface area contributed by atoms with Gasteiger partial charge in [-0.2, -0.15) is 0 Å². The van der Waals surface area contributed by atoms with Crippen molar-refractivity contribution in [3.05, 3.63) is 20.8 Å². The minimum atomic E-state index is 0.311. The predicted molar refractivity (Wildman–Crippen MR) is 69.5 cm³/mol. The molecule has 1 aromatic rings. The molecule has 0 amide bonds. The number of rotatable bonds is 7. The molecule has 0 aliphatic rings. The largest absolute Gasteiger partial charge is 0.396 e. The van der Waals surface area contributed by atoms with Crippen molar-refractivity contribution in [3.63, 3.8) is 0 Å². The van der Waals surface area contributed by atoms with Crippen molar-refractivity contribution in [2.24, 2.45) is 0 Å². The van der Waals surface area contributed by atoms with E-state index < -0.39 is 0 Å². The van der Waals surface area contributed by atoms with E-state index in [1.165, 1.54) is 9.35 Å². The van der Waals surface area contributed by atoms with Gasteiger partial charge in [-0.1, -0.05) is 0 Å². The highest BCUT2D eigenvalue weighted by Gasteiger charge is 2.01. The number of thiophene rings is 1. The summed E-state index contributed by atoms with van der Waals surface area (Å²) in [6.07, 6.45) is 3.11. The third-order valence-corrected chi connectivity index (χ3v) is 4.07. The lowest BCUT2D eigenvalue weighted by Crippen LogP contribution is -2.22. The number of halogens is 1. The SMILES string of the molecule is CN(CCCCO)CCc1cc(Br)cs1. The fourth-order valence-electron chi connectivity index (χ4n) is 1.39. The summed E-state index contributed by atoms with van der Waals surface area (Å²) in [7, 11) is 2.14. The van der Waals surface area contributed by atoms with Crippen LogP contribution in [0.5, 0.6) is 0 Å². The number of hydrogen-bond donors (Lipinski definition) is 1. The third-order valence-electron chi connectivity index (χ3n) is 2.31. The summed E-state index contributed by atoms with van der Waals surface area (Å²) < 4.78 is 1.19. The van der Waals surface area contributed by atoms with Gasteiger partial charge in [0.1, 0.15) is 0 Å². The zero-order chi connectivity index (χ0) is 11.1. The Bertz CT molecular complexity index is 277. The van der Waals surface area contributed by atoms with Gasteiger partial charge in [-0.25, -0.2) is 0 Å². The van der Waals surface area contributed by atoms with Gasteiger partial charge in [0.15, 0.2) is 0 Å². The molecular weight excluding hydrogens is 274 g/mol. The Morgan fingerprint density at radius 3 is 2.80 bits per heavy atom. The summed E-state index contributed by atoms with van der Waals surface area (Å²) in [6, 6.07) is 2.19. The van der Waals surface area contributed by atoms with Gasteiger partial charge in [0.2, 0.25) is 0 Å². The second-order valence-electron chi connectivity index (χ2n) is 3.72. The molecule has 0 saturated heterocycles. The zero-order valence-corrected chi connectivity index (χ0v) is 11.5. The molecule has 0 unspecified atom stereocenters. The van der Waals surface area contributed by atoms with E-state index >= 15 is 0 Å². The lowest BCUT2D eigenvalue weighted by molar-refractivity contribution is 0.264. The summed E-state index contributed by atoms with van der Waals surface area (Å²) in [6.45, 7) is 2.48. The molecule has 1 rings (SSSR count). The summed E-state index contributed by atoms with van der Waals surface area (Å²) in [5.41, 5.74) is 0. The van der Waals surface area contributed by atoms with Crippen LogP contribution in [-0.4, -0.2) is 36.8 Å². The van der Waals surface area contributed by atoms with E-state index in [0.717, 1.165) is 32.4 Å². The predicted octanol–water partition coefficient (Wildman–Crippen LogP) is 2.76. The number of unbranched alkanes of at least 4 members (excludes halogenated alkanes) is 1. The highest BCUT2D eigenvalue weighted by Crippen LogP contribution is 2.20. The minimum Gasteiger partial charge on any atom is -0.396 e. The lowest BCUT2D eigenvalue weighted by Gasteiger charge is -2.15. The topological polar surface area (TPSA) is 23.5 Å². The second-order valence-corrected chi connectivity index (χ2v) is 5.63. The molecule has 0 radical (unpaired) electrons. The number of hydrogen-bond acceptors (Lipinski definition) is 3. The number of aliphatic hydroxyl groups is 1. The molecule has 1 N–H and O–H groups in total. The lowest BCUT2D eigenvalue weighted by atomic mass is 10.3. The molecule has 0 atom stereocenters. The average Bonchev–Trinajstić information content (AvgIpc) is 2.62. The van der Waals surface area contributed by atoms with E-state index in [9.17, 15) is 0 Å². The van der Waals surface area contributed by atoms with Crippen LogP contribution in [-0.2, 0) is 6.42 Å². The molecule has 2 nitrogen and oxygen atoms in total. The van der Waals surface area contributed by atoms with E-state index in [1.807, 2.05) is 0 Å². The fourth-order valence-corrected chi connectivity index (χ4v) is 2.84. The first-order chi connectivity index (χ1) is 7.22. The normalized spacial score (nSPS) is 11.2. The molecule has 0 bridgehead atoms. The quantitative estimate of drug-likeness (QED) is 0.781. The van der Waals surface area contributed by atoms with Gasteiger partial charge in [0.25, 0.3) is 0 Å². The van der Waals surface area contributed by atoms with Crippen LogP contribution in [0, 0.1) is 0 Å². The highest BCUT2D eigenvalue weighted by molar-refractivity contribution is 9.10. The van der Waals surface area contributed by atoms with Crippen LogP contribution in [0.1, 0.15) is 17.7 Å². The molecule has 1 aromatic heterocycles. The highest BCUT2D eigenvalue weighted by atomic mass is 79.9. The van der Waals surface area contributed by atoms with E-state index in [-0.39, 0.29) is 0 Å². The number of aliphatic hydroxyl groups excluding tert-OH is 1. The number of likely N-dealkylation sites (N-methyl/N-ethyl adjacent to an activating group) is 1. The van der Waals surface area contributed by atoms with E-state index in [1.54, 1.807) is 11.3 Å². The molecule has 86 valence electrons. The minimum absolute atomic E-state index is 0.311. The Balaban J connectivity index is 2.13. The number of nitrogens with zero attached hydrogens (tertiary/aromatic N) is 1. The standard InChI is InChI=1S/C11H18BrNOS/c1-13(5-2-3-7-14)6-4-11-8-10(12)9-15-11/h8-9,14H,2-7H2,1H3. The molecule has 1 heterocycles. The first kappa shape index (κ1) is 13.2. The molecule has 0 fully saturated rings. The van der Waals surface area contributed by atoms with Gasteiger partial charge in [0.05, 0.1) is 0 Å². The Kier molecular flexibility index (Phi) is 6.48. The van der Waals surface area contributed by atoms with Crippen LogP contribution in [0.4, 0.5) is 0 Å². The van der Waals surface area contributed by atoms with Crippen LogP contribution in [0.3, 0.4) is 0 Å². The molecule has 15 heavy (non-hydrogen) atoms. The van der Waals surface area contributed by atoms with Crippen molar-refractivity contribution >= 4 is 27.3 Å². The van der Waals surface area contributed by atoms with Crippen molar-refractivity contribution in [3.8, 4) is 0 Å². The van der Waals surface area contributed by atoms with Crippen molar-refractivity contribution < 1.29 is 5.11 Å². The van der Waals surface area contributed by atoms with Crippen LogP contribution >= 0.6 is 27.3 Å². The fraction of sp³-hybridized carbons (Fsp3) is 0.636.